The largest absolute Gasteiger partial charge is 0.455 e. The van der Waals surface area contributed by atoms with Crippen LogP contribution in [0.5, 0.6) is 0 Å². The molecule has 32 aromatic rings. The second-order valence-corrected chi connectivity index (χ2v) is 39.3. The minimum atomic E-state index is 0.540. The van der Waals surface area contributed by atoms with Crippen molar-refractivity contribution in [1.29, 1.82) is 0 Å². The van der Waals surface area contributed by atoms with Crippen molar-refractivity contribution in [2.24, 2.45) is 0 Å². The first-order valence-electron chi connectivity index (χ1n) is 49.2. The zero-order valence-corrected chi connectivity index (χ0v) is 80.1. The number of fused-ring (bicyclic) bond motifs is 27. The van der Waals surface area contributed by atoms with Crippen LogP contribution in [0, 0.1) is 0 Å². The predicted molar refractivity (Wildman–Crippen MR) is 607 cm³/mol. The molecule has 0 bridgehead atoms. The van der Waals surface area contributed by atoms with Crippen LogP contribution in [0.3, 0.4) is 0 Å². The molecule has 12 aromatic heterocycles. The van der Waals surface area contributed by atoms with Crippen LogP contribution >= 0.6 is 22.7 Å². The molecule has 0 saturated carbocycles. The van der Waals surface area contributed by atoms with Gasteiger partial charge in [-0.05, 0) is 150 Å². The molecule has 0 aliphatic heterocycles. The predicted octanol–water partition coefficient (Wildman–Crippen LogP) is 36.4. The van der Waals surface area contributed by atoms with E-state index in [1.807, 2.05) is 89.4 Å². The van der Waals surface area contributed by atoms with Gasteiger partial charge in [0.2, 0.25) is 17.1 Å². The highest BCUT2D eigenvalue weighted by Gasteiger charge is 2.31. The van der Waals surface area contributed by atoms with Crippen LogP contribution in [-0.4, -0.2) is 43.6 Å². The molecule has 0 N–H and O–H groups in total. The number of hydrogen-bond acceptors (Lipinski definition) is 12. The molecular formula is C132H77N9O4S2. The number of benzene rings is 20. The Kier molecular flexibility index (Phi) is 19.1. The minimum Gasteiger partial charge on any atom is -0.455 e. The third kappa shape index (κ3) is 13.4. The number of furan rings is 4. The van der Waals surface area contributed by atoms with Gasteiger partial charge in [-0.25, -0.2) is 15.0 Å². The van der Waals surface area contributed by atoms with Gasteiger partial charge >= 0.3 is 0 Å². The summed E-state index contributed by atoms with van der Waals surface area (Å²) in [5.74, 6) is 1.88. The molecule has 13 nitrogen and oxygen atoms in total. The lowest BCUT2D eigenvalue weighted by molar-refractivity contribution is 0.653. The summed E-state index contributed by atoms with van der Waals surface area (Å²) in [5, 5.41) is 19.6. The Balaban J connectivity index is 0.000000102. The molecule has 0 atom stereocenters. The van der Waals surface area contributed by atoms with Gasteiger partial charge in [-0.2, -0.15) is 15.0 Å². The second kappa shape index (κ2) is 33.7. The molecule has 0 saturated heterocycles. The lowest BCUT2D eigenvalue weighted by Crippen LogP contribution is -1.96. The molecule has 0 radical (unpaired) electrons. The quantitative estimate of drug-likeness (QED) is 0.123. The van der Waals surface area contributed by atoms with E-state index in [0.29, 0.717) is 34.6 Å². The van der Waals surface area contributed by atoms with E-state index in [9.17, 15) is 0 Å². The van der Waals surface area contributed by atoms with Gasteiger partial charge in [-0.15, -0.1) is 22.7 Å². The molecule has 0 aliphatic carbocycles. The van der Waals surface area contributed by atoms with E-state index in [0.717, 1.165) is 215 Å². The van der Waals surface area contributed by atoms with Gasteiger partial charge in [0.05, 0.1) is 66.3 Å². The van der Waals surface area contributed by atoms with E-state index in [4.69, 9.17) is 47.6 Å². The standard InChI is InChI=1S/C46H27N3O2.C46H27N3OS.C40H23N3OS/c1-3-13-28(14-4-1)29-25-26-37-36(27-29)41-34(20-12-22-38(41)49(37)30-15-5-2-6-16-30)45-47-43(42-33-18-8-10-24-40(33)51-46(42)48-45)35-21-11-19-32-31-17-7-9-23-39(31)50-44(32)35;1-3-13-28(14-4-1)29-25-26-37-36(27-29)41-34(20-12-22-38(41)49(37)30-15-5-2-6-16-30)45-47-43(42-33-18-7-9-23-39(33)50-46(42)48-45)35-21-11-19-32-31-17-8-10-24-40(31)51-44(32)35;1-2-12-24(13-3-1)43-31-20-7-4-15-27(31)35-29(18-11-21-32(35)43)39-41-37(36-28-16-5-8-22-33(28)44-40(36)42-39)30-19-10-17-26-25-14-6-9-23-34(25)45-38(26)30/h2*1-27H;1-23H. The van der Waals surface area contributed by atoms with E-state index in [1.165, 1.54) is 51.5 Å². The second-order valence-electron chi connectivity index (χ2n) is 37.2. The molecular weight excluding hydrogens is 1840 g/mol. The maximum Gasteiger partial charge on any atom is 0.231 e. The molecule has 686 valence electrons. The van der Waals surface area contributed by atoms with Crippen LogP contribution in [-0.2, 0) is 0 Å². The van der Waals surface area contributed by atoms with Crippen molar-refractivity contribution < 1.29 is 17.7 Å². The van der Waals surface area contributed by atoms with Crippen molar-refractivity contribution in [3.05, 3.63) is 467 Å². The van der Waals surface area contributed by atoms with Crippen molar-refractivity contribution in [3.63, 3.8) is 0 Å². The first kappa shape index (κ1) is 83.5. The van der Waals surface area contributed by atoms with E-state index < -0.39 is 0 Å². The van der Waals surface area contributed by atoms with Gasteiger partial charge < -0.3 is 31.4 Å². The van der Waals surface area contributed by atoms with Gasteiger partial charge in [0.1, 0.15) is 27.9 Å². The highest BCUT2D eigenvalue weighted by Crippen LogP contribution is 2.52. The Labute approximate surface area is 845 Å². The Morgan fingerprint density at radius 3 is 0.884 bits per heavy atom. The molecule has 32 rings (SSSR count). The zero-order chi connectivity index (χ0) is 96.4. The molecule has 20 aromatic carbocycles. The van der Waals surface area contributed by atoms with Crippen LogP contribution in [0.25, 0.3) is 301 Å². The highest BCUT2D eigenvalue weighted by molar-refractivity contribution is 7.26. The van der Waals surface area contributed by atoms with Crippen molar-refractivity contribution in [1.82, 2.24) is 43.6 Å². The van der Waals surface area contributed by atoms with E-state index >= 15 is 0 Å². The summed E-state index contributed by atoms with van der Waals surface area (Å²) in [6.45, 7) is 0. The maximum absolute atomic E-state index is 6.56. The first-order valence-corrected chi connectivity index (χ1v) is 50.8. The fraction of sp³-hybridized carbons (Fsp3) is 0. The van der Waals surface area contributed by atoms with Crippen LogP contribution in [0.2, 0.25) is 0 Å². The molecule has 15 heteroatoms. The third-order valence-electron chi connectivity index (χ3n) is 29.0. The monoisotopic (exact) mass is 1920 g/mol. The lowest BCUT2D eigenvalue weighted by Gasteiger charge is -2.10. The Morgan fingerprint density at radius 1 is 0.177 bits per heavy atom. The van der Waals surface area contributed by atoms with Crippen molar-refractivity contribution >= 4 is 217 Å². The minimum absolute atomic E-state index is 0.540. The van der Waals surface area contributed by atoms with E-state index in [-0.39, 0.29) is 0 Å². The van der Waals surface area contributed by atoms with Crippen molar-refractivity contribution in [3.8, 4) is 107 Å². The number of aromatic nitrogens is 9. The number of hydrogen-bond donors (Lipinski definition) is 0. The van der Waals surface area contributed by atoms with Gasteiger partial charge in [-0.3, -0.25) is 0 Å². The van der Waals surface area contributed by atoms with Crippen LogP contribution in [0.4, 0.5) is 0 Å². The summed E-state index contributed by atoms with van der Waals surface area (Å²) in [5.41, 5.74) is 28.9. The topological polar surface area (TPSA) is 145 Å². The fourth-order valence-electron chi connectivity index (χ4n) is 22.5. The number of nitrogens with zero attached hydrogens (tertiary/aromatic N) is 9. The molecule has 0 unspecified atom stereocenters. The van der Waals surface area contributed by atoms with Crippen molar-refractivity contribution in [2.75, 3.05) is 0 Å². The molecule has 147 heavy (non-hydrogen) atoms. The Hall–Kier alpha value is -19.3. The lowest BCUT2D eigenvalue weighted by atomic mass is 10.00. The average molecular weight is 1920 g/mol. The van der Waals surface area contributed by atoms with E-state index in [2.05, 4.69) is 414 Å². The smallest absolute Gasteiger partial charge is 0.231 e. The Bertz CT molecular complexity index is 10600. The Morgan fingerprint density at radius 2 is 0.469 bits per heavy atom. The number of para-hydroxylation sites is 9. The number of rotatable bonds is 11. The van der Waals surface area contributed by atoms with Gasteiger partial charge in [-0.1, -0.05) is 340 Å². The van der Waals surface area contributed by atoms with Gasteiger partial charge in [0.15, 0.2) is 17.5 Å². The van der Waals surface area contributed by atoms with Crippen molar-refractivity contribution in [2.45, 2.75) is 0 Å². The summed E-state index contributed by atoms with van der Waals surface area (Å²) in [4.78, 5) is 32.0. The van der Waals surface area contributed by atoms with Crippen LogP contribution in [0.1, 0.15) is 0 Å². The highest BCUT2D eigenvalue weighted by atomic mass is 32.1. The summed E-state index contributed by atoms with van der Waals surface area (Å²) in [6.07, 6.45) is 0. The van der Waals surface area contributed by atoms with Crippen LogP contribution < -0.4 is 0 Å². The third-order valence-corrected chi connectivity index (χ3v) is 31.4. The fourth-order valence-corrected chi connectivity index (χ4v) is 25.0. The summed E-state index contributed by atoms with van der Waals surface area (Å²) in [6, 6.07) is 163. The maximum atomic E-state index is 6.56. The SMILES string of the molecule is c1ccc(-c2ccc3c(c2)c2c(-c4nc(-c5cccc6c5oc5ccccc56)c5c(n4)oc4ccccc45)cccc2n3-c2ccccc2)cc1.c1ccc(-c2ccc3c(c2)c2c(-c4nc(-c5cccc6c5sc5ccccc56)c5c(n4)oc4ccccc45)cccc2n3-c2ccccc2)cc1.c1ccc(-n2c3ccccc3c3c(-c4nc(-c5cccc6c5sc5ccccc56)c5c(n4)oc4ccccc45)cccc32)cc1. The van der Waals surface area contributed by atoms with Crippen LogP contribution in [0.15, 0.2) is 485 Å². The summed E-state index contributed by atoms with van der Waals surface area (Å²) >= 11 is 3.62. The summed E-state index contributed by atoms with van der Waals surface area (Å²) < 4.78 is 38.0. The van der Waals surface area contributed by atoms with Gasteiger partial charge in [0, 0.05) is 150 Å². The first-order chi connectivity index (χ1) is 72.9. The molecule has 0 fully saturated rings. The molecule has 0 spiro atoms. The molecule has 0 amide bonds. The molecule has 0 aliphatic rings. The normalized spacial score (nSPS) is 11.9. The van der Waals surface area contributed by atoms with Gasteiger partial charge in [0.25, 0.3) is 0 Å². The summed E-state index contributed by atoms with van der Waals surface area (Å²) in [7, 11) is 0. The molecule has 12 heterocycles. The average Bonchev–Trinajstić information content (AvgIpc) is 1.62. The van der Waals surface area contributed by atoms with E-state index in [1.54, 1.807) is 0 Å². The number of thiophene rings is 2. The zero-order valence-electron chi connectivity index (χ0n) is 78.4.